The van der Waals surface area contributed by atoms with E-state index in [1.807, 2.05) is 6.08 Å². The molecule has 0 atom stereocenters. The largest absolute Gasteiger partial charge is 0.461 e. The van der Waals surface area contributed by atoms with Gasteiger partial charge in [-0.25, -0.2) is 31.5 Å². The molecule has 1 aromatic rings. The number of hydrogen-bond acceptors (Lipinski definition) is 5. The lowest BCUT2D eigenvalue weighted by Gasteiger charge is -2.08. The fraction of sp³-hybridized carbons (Fsp3) is 0.389. The van der Waals surface area contributed by atoms with Crippen LogP contribution in [-0.2, 0) is 14.4 Å². The number of oxime groups is 1. The van der Waals surface area contributed by atoms with Gasteiger partial charge in [-0.2, -0.15) is 0 Å². The van der Waals surface area contributed by atoms with Crippen LogP contribution in [0.1, 0.15) is 49.4 Å². The predicted octanol–water partition coefficient (Wildman–Crippen LogP) is 4.35. The Morgan fingerprint density at radius 2 is 1.64 bits per heavy atom. The average Bonchev–Trinajstić information content (AvgIpc) is 3.18. The van der Waals surface area contributed by atoms with Crippen LogP contribution in [0.5, 0.6) is 0 Å². The standard InChI is InChI=1S/C18H16F5NO4/c1-2-27-17(25)10(8-7-9-5-3-4-6-9)24-28-18(26)11-12(19)14(21)16(23)15(22)13(11)20/h5H,2-4,6-8H2,1H3/b24-10+. The molecule has 152 valence electrons. The maximum Gasteiger partial charge on any atom is 0.371 e. The van der Waals surface area contributed by atoms with E-state index in [2.05, 4.69) is 9.99 Å². The van der Waals surface area contributed by atoms with Crippen molar-refractivity contribution in [1.29, 1.82) is 0 Å². The minimum absolute atomic E-state index is 0.00780. The zero-order chi connectivity index (χ0) is 20.8. The van der Waals surface area contributed by atoms with Gasteiger partial charge in [0.05, 0.1) is 6.61 Å². The number of esters is 1. The van der Waals surface area contributed by atoms with Gasteiger partial charge in [-0.1, -0.05) is 16.8 Å². The molecule has 0 aromatic heterocycles. The Hall–Kier alpha value is -2.78. The van der Waals surface area contributed by atoms with E-state index in [1.165, 1.54) is 6.92 Å². The molecule has 0 radical (unpaired) electrons. The summed E-state index contributed by atoms with van der Waals surface area (Å²) >= 11 is 0. The summed E-state index contributed by atoms with van der Waals surface area (Å²) in [5.74, 6) is -14.6. The van der Waals surface area contributed by atoms with Gasteiger partial charge in [0.2, 0.25) is 5.82 Å². The van der Waals surface area contributed by atoms with Gasteiger partial charge in [0.25, 0.3) is 0 Å². The van der Waals surface area contributed by atoms with Gasteiger partial charge in [-0.3, -0.25) is 0 Å². The van der Waals surface area contributed by atoms with Gasteiger partial charge >= 0.3 is 11.9 Å². The molecule has 5 nitrogen and oxygen atoms in total. The van der Waals surface area contributed by atoms with Gasteiger partial charge in [0.1, 0.15) is 5.56 Å². The molecule has 0 saturated heterocycles. The Balaban J connectivity index is 2.23. The number of allylic oxidation sites excluding steroid dienone is 2. The highest BCUT2D eigenvalue weighted by Crippen LogP contribution is 2.24. The number of hydrogen-bond donors (Lipinski definition) is 0. The number of nitrogens with zero attached hydrogens (tertiary/aromatic N) is 1. The van der Waals surface area contributed by atoms with Crippen molar-refractivity contribution in [3.05, 3.63) is 46.3 Å². The normalized spacial score (nSPS) is 14.1. The van der Waals surface area contributed by atoms with Crippen LogP contribution in [0, 0.1) is 29.1 Å². The highest BCUT2D eigenvalue weighted by atomic mass is 19.2. The van der Waals surface area contributed by atoms with E-state index >= 15 is 0 Å². The maximum absolute atomic E-state index is 13.6. The SMILES string of the molecule is CCOC(=O)/C(CCC1=CCCC1)=N/OC(=O)c1c(F)c(F)c(F)c(F)c1F. The summed E-state index contributed by atoms with van der Waals surface area (Å²) in [7, 11) is 0. The molecule has 0 saturated carbocycles. The van der Waals surface area contributed by atoms with Crippen molar-refractivity contribution in [2.75, 3.05) is 6.61 Å². The Kier molecular flexibility index (Phi) is 7.24. The number of ether oxygens (including phenoxy) is 1. The summed E-state index contributed by atoms with van der Waals surface area (Å²) in [6.45, 7) is 1.52. The molecule has 0 bridgehead atoms. The van der Waals surface area contributed by atoms with Crippen molar-refractivity contribution in [3.63, 3.8) is 0 Å². The Labute approximate surface area is 156 Å². The smallest absolute Gasteiger partial charge is 0.371 e. The molecule has 2 rings (SSSR count). The third-order valence-corrected chi connectivity index (χ3v) is 3.98. The summed E-state index contributed by atoms with van der Waals surface area (Å²) < 4.78 is 71.5. The van der Waals surface area contributed by atoms with Crippen molar-refractivity contribution in [2.24, 2.45) is 5.16 Å². The molecular formula is C18H16F5NO4. The van der Waals surface area contributed by atoms with Crippen molar-refractivity contribution >= 4 is 17.7 Å². The second-order valence-corrected chi connectivity index (χ2v) is 5.84. The predicted molar refractivity (Wildman–Crippen MR) is 86.9 cm³/mol. The van der Waals surface area contributed by atoms with Gasteiger partial charge in [-0.15, -0.1) is 0 Å². The molecule has 0 aliphatic heterocycles. The van der Waals surface area contributed by atoms with Gasteiger partial charge in [0.15, 0.2) is 29.0 Å². The lowest BCUT2D eigenvalue weighted by atomic mass is 10.1. The lowest BCUT2D eigenvalue weighted by molar-refractivity contribution is -0.135. The van der Waals surface area contributed by atoms with Crippen molar-refractivity contribution in [1.82, 2.24) is 0 Å². The number of carbonyl (C=O) groups is 2. The quantitative estimate of drug-likeness (QED) is 0.0989. The second-order valence-electron chi connectivity index (χ2n) is 5.84. The van der Waals surface area contributed by atoms with Gasteiger partial charge in [-0.05, 0) is 32.6 Å². The fourth-order valence-corrected chi connectivity index (χ4v) is 2.57. The van der Waals surface area contributed by atoms with Crippen LogP contribution in [0.4, 0.5) is 22.0 Å². The topological polar surface area (TPSA) is 65.0 Å². The van der Waals surface area contributed by atoms with Crippen LogP contribution in [0.3, 0.4) is 0 Å². The molecule has 0 unspecified atom stereocenters. The number of halogens is 5. The molecule has 1 aliphatic rings. The first kappa shape index (κ1) is 21.5. The fourth-order valence-electron chi connectivity index (χ4n) is 2.57. The van der Waals surface area contributed by atoms with E-state index in [-0.39, 0.29) is 18.7 Å². The molecule has 0 amide bonds. The van der Waals surface area contributed by atoms with Crippen molar-refractivity contribution < 1.29 is 41.1 Å². The van der Waals surface area contributed by atoms with E-state index in [4.69, 9.17) is 4.74 Å². The summed E-state index contributed by atoms with van der Waals surface area (Å²) in [5, 5.41) is 3.24. The van der Waals surface area contributed by atoms with Crippen LogP contribution in [-0.4, -0.2) is 24.3 Å². The summed E-state index contributed by atoms with van der Waals surface area (Å²) in [4.78, 5) is 28.0. The minimum atomic E-state index is -2.41. The zero-order valence-electron chi connectivity index (χ0n) is 14.8. The molecule has 0 N–H and O–H groups in total. The van der Waals surface area contributed by atoms with Crippen molar-refractivity contribution in [2.45, 2.75) is 39.0 Å². The molecule has 0 spiro atoms. The highest BCUT2D eigenvalue weighted by molar-refractivity contribution is 6.36. The lowest BCUT2D eigenvalue weighted by Crippen LogP contribution is -2.20. The first-order valence-corrected chi connectivity index (χ1v) is 8.42. The Morgan fingerprint density at radius 1 is 1.04 bits per heavy atom. The average molecular weight is 405 g/mol. The Bertz CT molecular complexity index is 822. The van der Waals surface area contributed by atoms with Crippen LogP contribution in [0.25, 0.3) is 0 Å². The maximum atomic E-state index is 13.6. The van der Waals surface area contributed by atoms with E-state index in [9.17, 15) is 31.5 Å². The molecule has 10 heteroatoms. The molecular weight excluding hydrogens is 389 g/mol. The highest BCUT2D eigenvalue weighted by Gasteiger charge is 2.31. The van der Waals surface area contributed by atoms with Crippen molar-refractivity contribution in [3.8, 4) is 0 Å². The summed E-state index contributed by atoms with van der Waals surface area (Å²) in [6, 6.07) is 0. The zero-order valence-corrected chi connectivity index (χ0v) is 14.8. The number of rotatable bonds is 7. The monoisotopic (exact) mass is 405 g/mol. The summed E-state index contributed by atoms with van der Waals surface area (Å²) in [6.07, 6.45) is 5.11. The third-order valence-electron chi connectivity index (χ3n) is 3.98. The first-order chi connectivity index (χ1) is 13.3. The molecule has 1 aromatic carbocycles. The van der Waals surface area contributed by atoms with Crippen LogP contribution < -0.4 is 0 Å². The number of benzene rings is 1. The molecule has 0 fully saturated rings. The second kappa shape index (κ2) is 9.43. The minimum Gasteiger partial charge on any atom is -0.461 e. The molecule has 1 aliphatic carbocycles. The van der Waals surface area contributed by atoms with E-state index in [0.29, 0.717) is 6.42 Å². The van der Waals surface area contributed by atoms with Crippen LogP contribution in [0.15, 0.2) is 16.8 Å². The Morgan fingerprint density at radius 3 is 2.18 bits per heavy atom. The van der Waals surface area contributed by atoms with Crippen LogP contribution >= 0.6 is 0 Å². The first-order valence-electron chi connectivity index (χ1n) is 8.42. The summed E-state index contributed by atoms with van der Waals surface area (Å²) in [5.41, 5.74) is -1.10. The van der Waals surface area contributed by atoms with Crippen LogP contribution in [0.2, 0.25) is 0 Å². The van der Waals surface area contributed by atoms with Gasteiger partial charge < -0.3 is 9.57 Å². The number of carbonyl (C=O) groups excluding carboxylic acids is 2. The molecule has 28 heavy (non-hydrogen) atoms. The van der Waals surface area contributed by atoms with E-state index in [0.717, 1.165) is 24.8 Å². The third kappa shape index (κ3) is 4.73. The van der Waals surface area contributed by atoms with E-state index < -0.39 is 46.6 Å². The van der Waals surface area contributed by atoms with Gasteiger partial charge in [0, 0.05) is 6.42 Å². The van der Waals surface area contributed by atoms with E-state index in [1.54, 1.807) is 0 Å². The molecule has 0 heterocycles.